The lowest BCUT2D eigenvalue weighted by Crippen LogP contribution is -2.64. The molecule has 0 amide bonds. The summed E-state index contributed by atoms with van der Waals surface area (Å²) >= 11 is 0. The molecule has 1 N–H and O–H groups in total. The summed E-state index contributed by atoms with van der Waals surface area (Å²) in [4.78, 5) is 2.45. The van der Waals surface area contributed by atoms with Crippen molar-refractivity contribution in [3.8, 4) is 0 Å². The molecule has 1 saturated heterocycles. The van der Waals surface area contributed by atoms with E-state index in [1.54, 1.807) is 12.1 Å². The molecular weight excluding hydrogens is 239 g/mol. The molecule has 1 spiro atoms. The fourth-order valence-corrected chi connectivity index (χ4v) is 3.55. The third-order valence-corrected chi connectivity index (χ3v) is 4.75. The minimum Gasteiger partial charge on any atom is -0.366 e. The van der Waals surface area contributed by atoms with Crippen molar-refractivity contribution in [2.75, 3.05) is 18.0 Å². The van der Waals surface area contributed by atoms with Crippen LogP contribution in [-0.4, -0.2) is 24.7 Å². The summed E-state index contributed by atoms with van der Waals surface area (Å²) in [5.74, 6) is -0.154. The van der Waals surface area contributed by atoms with Crippen LogP contribution in [0.3, 0.4) is 0 Å². The second-order valence-corrected chi connectivity index (χ2v) is 6.18. The summed E-state index contributed by atoms with van der Waals surface area (Å²) in [5, 5.41) is 3.78. The Hall–Kier alpha value is -1.09. The Bertz CT molecular complexity index is 423. The number of piperazine rings is 1. The van der Waals surface area contributed by atoms with E-state index in [0.717, 1.165) is 18.8 Å². The maximum absolute atomic E-state index is 13.1. The first-order chi connectivity index (χ1) is 9.19. The normalized spacial score (nSPS) is 26.6. The van der Waals surface area contributed by atoms with E-state index in [2.05, 4.69) is 17.1 Å². The molecule has 0 bridgehead atoms. The zero-order valence-electron chi connectivity index (χ0n) is 11.7. The van der Waals surface area contributed by atoms with Gasteiger partial charge in [-0.15, -0.1) is 0 Å². The van der Waals surface area contributed by atoms with Gasteiger partial charge in [-0.25, -0.2) is 4.39 Å². The number of rotatable bonds is 1. The first-order valence-electron chi connectivity index (χ1n) is 7.46. The predicted molar refractivity (Wildman–Crippen MR) is 77.0 cm³/mol. The van der Waals surface area contributed by atoms with E-state index in [1.807, 2.05) is 12.1 Å². The highest BCUT2D eigenvalue weighted by Gasteiger charge is 2.38. The largest absolute Gasteiger partial charge is 0.366 e. The number of benzene rings is 1. The van der Waals surface area contributed by atoms with Gasteiger partial charge in [0.15, 0.2) is 0 Å². The molecule has 0 aromatic heterocycles. The zero-order chi connectivity index (χ0) is 13.3. The molecule has 1 heterocycles. The van der Waals surface area contributed by atoms with Gasteiger partial charge in [-0.05, 0) is 44.0 Å². The van der Waals surface area contributed by atoms with Crippen LogP contribution >= 0.6 is 0 Å². The smallest absolute Gasteiger partial charge is 0.123 e. The van der Waals surface area contributed by atoms with Crippen molar-refractivity contribution < 1.29 is 4.39 Å². The van der Waals surface area contributed by atoms with Crippen molar-refractivity contribution >= 4 is 5.69 Å². The summed E-state index contributed by atoms with van der Waals surface area (Å²) < 4.78 is 13.1. The van der Waals surface area contributed by atoms with Crippen LogP contribution in [0.5, 0.6) is 0 Å². The van der Waals surface area contributed by atoms with Crippen LogP contribution in [0.2, 0.25) is 0 Å². The van der Waals surface area contributed by atoms with E-state index >= 15 is 0 Å². The van der Waals surface area contributed by atoms with Gasteiger partial charge in [-0.2, -0.15) is 0 Å². The Kier molecular flexibility index (Phi) is 3.48. The van der Waals surface area contributed by atoms with Gasteiger partial charge in [0.05, 0.1) is 0 Å². The molecule has 1 aliphatic heterocycles. The minimum atomic E-state index is -0.154. The summed E-state index contributed by atoms with van der Waals surface area (Å²) in [6.45, 7) is 4.32. The SMILES string of the molecule is CC1CNC2(CCCCC2)CN1c1ccc(F)cc1. The van der Waals surface area contributed by atoms with Crippen LogP contribution in [0.1, 0.15) is 39.0 Å². The number of nitrogens with zero attached hydrogens (tertiary/aromatic N) is 1. The summed E-state index contributed by atoms with van der Waals surface area (Å²) in [6, 6.07) is 7.43. The lowest BCUT2D eigenvalue weighted by molar-refractivity contribution is 0.200. The van der Waals surface area contributed by atoms with E-state index in [4.69, 9.17) is 0 Å². The first-order valence-corrected chi connectivity index (χ1v) is 7.46. The molecule has 2 nitrogen and oxygen atoms in total. The van der Waals surface area contributed by atoms with Gasteiger partial charge in [0.25, 0.3) is 0 Å². The number of halogens is 1. The highest BCUT2D eigenvalue weighted by molar-refractivity contribution is 5.48. The molecule has 104 valence electrons. The number of hydrogen-bond donors (Lipinski definition) is 1. The standard InChI is InChI=1S/C16H23FN2/c1-13-11-18-16(9-3-2-4-10-16)12-19(13)15-7-5-14(17)6-8-15/h5-8,13,18H,2-4,9-12H2,1H3. The van der Waals surface area contributed by atoms with Gasteiger partial charge in [0.2, 0.25) is 0 Å². The first kappa shape index (κ1) is 12.9. The molecule has 1 aromatic rings. The predicted octanol–water partition coefficient (Wildman–Crippen LogP) is 3.33. The van der Waals surface area contributed by atoms with Gasteiger partial charge in [-0.1, -0.05) is 19.3 Å². The van der Waals surface area contributed by atoms with E-state index in [-0.39, 0.29) is 5.82 Å². The number of nitrogens with one attached hydrogen (secondary N) is 1. The van der Waals surface area contributed by atoms with E-state index < -0.39 is 0 Å². The van der Waals surface area contributed by atoms with E-state index in [9.17, 15) is 4.39 Å². The Morgan fingerprint density at radius 2 is 1.84 bits per heavy atom. The van der Waals surface area contributed by atoms with Crippen molar-refractivity contribution in [1.29, 1.82) is 0 Å². The van der Waals surface area contributed by atoms with Crippen LogP contribution in [-0.2, 0) is 0 Å². The fraction of sp³-hybridized carbons (Fsp3) is 0.625. The van der Waals surface area contributed by atoms with Crippen molar-refractivity contribution in [1.82, 2.24) is 5.32 Å². The van der Waals surface area contributed by atoms with Crippen molar-refractivity contribution in [3.63, 3.8) is 0 Å². The second kappa shape index (κ2) is 5.12. The molecule has 0 radical (unpaired) electrons. The fourth-order valence-electron chi connectivity index (χ4n) is 3.55. The van der Waals surface area contributed by atoms with Crippen LogP contribution in [0.15, 0.2) is 24.3 Å². The average molecular weight is 262 g/mol. The molecule has 1 aromatic carbocycles. The van der Waals surface area contributed by atoms with E-state index in [0.29, 0.717) is 11.6 Å². The quantitative estimate of drug-likeness (QED) is 0.835. The highest BCUT2D eigenvalue weighted by Crippen LogP contribution is 2.33. The lowest BCUT2D eigenvalue weighted by Gasteiger charge is -2.50. The van der Waals surface area contributed by atoms with Crippen LogP contribution < -0.4 is 10.2 Å². The molecule has 19 heavy (non-hydrogen) atoms. The zero-order valence-corrected chi connectivity index (χ0v) is 11.7. The Labute approximate surface area is 115 Å². The van der Waals surface area contributed by atoms with E-state index in [1.165, 1.54) is 32.1 Å². The van der Waals surface area contributed by atoms with Crippen molar-refractivity contribution in [2.45, 2.75) is 50.6 Å². The Balaban J connectivity index is 1.80. The monoisotopic (exact) mass is 262 g/mol. The molecule has 1 aliphatic carbocycles. The average Bonchev–Trinajstić information content (AvgIpc) is 2.44. The molecule has 1 saturated carbocycles. The topological polar surface area (TPSA) is 15.3 Å². The number of anilines is 1. The van der Waals surface area contributed by atoms with Gasteiger partial charge in [-0.3, -0.25) is 0 Å². The molecular formula is C16H23FN2. The molecule has 2 aliphatic rings. The van der Waals surface area contributed by atoms with Crippen LogP contribution in [0.25, 0.3) is 0 Å². The van der Waals surface area contributed by atoms with Crippen LogP contribution in [0.4, 0.5) is 10.1 Å². The Morgan fingerprint density at radius 3 is 2.53 bits per heavy atom. The molecule has 1 atom stereocenters. The third kappa shape index (κ3) is 2.62. The molecule has 2 fully saturated rings. The summed E-state index contributed by atoms with van der Waals surface area (Å²) in [6.07, 6.45) is 6.58. The lowest BCUT2D eigenvalue weighted by atomic mass is 9.79. The summed E-state index contributed by atoms with van der Waals surface area (Å²) in [7, 11) is 0. The third-order valence-electron chi connectivity index (χ3n) is 4.75. The maximum Gasteiger partial charge on any atom is 0.123 e. The van der Waals surface area contributed by atoms with Crippen LogP contribution in [0, 0.1) is 5.82 Å². The number of hydrogen-bond acceptors (Lipinski definition) is 2. The van der Waals surface area contributed by atoms with Crippen molar-refractivity contribution in [3.05, 3.63) is 30.1 Å². The van der Waals surface area contributed by atoms with Gasteiger partial charge in [0.1, 0.15) is 5.82 Å². The molecule has 3 heteroatoms. The van der Waals surface area contributed by atoms with Gasteiger partial charge in [0, 0.05) is 30.4 Å². The maximum atomic E-state index is 13.1. The highest BCUT2D eigenvalue weighted by atomic mass is 19.1. The second-order valence-electron chi connectivity index (χ2n) is 6.18. The molecule has 1 unspecified atom stereocenters. The Morgan fingerprint density at radius 1 is 1.16 bits per heavy atom. The minimum absolute atomic E-state index is 0.154. The van der Waals surface area contributed by atoms with Gasteiger partial charge >= 0.3 is 0 Å². The van der Waals surface area contributed by atoms with Gasteiger partial charge < -0.3 is 10.2 Å². The van der Waals surface area contributed by atoms with Crippen molar-refractivity contribution in [2.24, 2.45) is 0 Å². The molecule has 3 rings (SSSR count). The summed E-state index contributed by atoms with van der Waals surface area (Å²) in [5.41, 5.74) is 1.44.